The summed E-state index contributed by atoms with van der Waals surface area (Å²) in [6, 6.07) is 16.8. The van der Waals surface area contributed by atoms with Gasteiger partial charge in [-0.1, -0.05) is 48.9 Å². The molecule has 0 spiro atoms. The van der Waals surface area contributed by atoms with E-state index in [-0.39, 0.29) is 12.5 Å². The highest BCUT2D eigenvalue weighted by molar-refractivity contribution is 6.33. The number of nitrogens with zero attached hydrogens (tertiary/aromatic N) is 2. The van der Waals surface area contributed by atoms with Gasteiger partial charge in [-0.3, -0.25) is 4.79 Å². The van der Waals surface area contributed by atoms with Crippen LogP contribution < -0.4 is 9.64 Å². The van der Waals surface area contributed by atoms with Crippen molar-refractivity contribution < 1.29 is 19.1 Å². The highest BCUT2D eigenvalue weighted by atomic mass is 35.5. The Labute approximate surface area is 176 Å². The van der Waals surface area contributed by atoms with E-state index in [1.54, 1.807) is 17.0 Å². The molecule has 0 saturated carbocycles. The third-order valence-electron chi connectivity index (χ3n) is 4.82. The van der Waals surface area contributed by atoms with Crippen molar-refractivity contribution in [2.75, 3.05) is 37.7 Å². The van der Waals surface area contributed by atoms with Crippen molar-refractivity contribution in [3.8, 4) is 5.75 Å². The lowest BCUT2D eigenvalue weighted by molar-refractivity contribution is -0.158. The van der Waals surface area contributed by atoms with E-state index in [2.05, 4.69) is 4.90 Å². The molecule has 154 valence electrons. The second kappa shape index (κ2) is 10.2. The number of carbonyl (C=O) groups excluding carboxylic acids is 2. The largest absolute Gasteiger partial charge is 0.479 e. The highest BCUT2D eigenvalue weighted by Gasteiger charge is 2.25. The number of amides is 1. The Balaban J connectivity index is 1.46. The number of para-hydroxylation sites is 2. The molecule has 1 amide bonds. The molecule has 0 N–H and O–H groups in total. The normalized spacial score (nSPS) is 15.0. The summed E-state index contributed by atoms with van der Waals surface area (Å²) in [6.07, 6.45) is -0.277. The number of rotatable bonds is 7. The van der Waals surface area contributed by atoms with Gasteiger partial charge in [0.05, 0.1) is 10.7 Å². The van der Waals surface area contributed by atoms with Crippen LogP contribution in [0.25, 0.3) is 0 Å². The van der Waals surface area contributed by atoms with Gasteiger partial charge in [0.25, 0.3) is 5.91 Å². The molecule has 6 nitrogen and oxygen atoms in total. The number of hydrogen-bond acceptors (Lipinski definition) is 5. The van der Waals surface area contributed by atoms with Crippen LogP contribution in [0.2, 0.25) is 5.02 Å². The maximum Gasteiger partial charge on any atom is 0.347 e. The molecule has 0 unspecified atom stereocenters. The summed E-state index contributed by atoms with van der Waals surface area (Å²) in [7, 11) is 0. The van der Waals surface area contributed by atoms with Crippen LogP contribution in [-0.4, -0.2) is 55.7 Å². The first-order chi connectivity index (χ1) is 14.1. The van der Waals surface area contributed by atoms with Crippen molar-refractivity contribution in [1.29, 1.82) is 0 Å². The number of piperazine rings is 1. The van der Waals surface area contributed by atoms with Crippen LogP contribution in [-0.2, 0) is 14.3 Å². The van der Waals surface area contributed by atoms with Gasteiger partial charge in [-0.05, 0) is 30.7 Å². The average molecular weight is 417 g/mol. The minimum absolute atomic E-state index is 0.202. The minimum atomic E-state index is -0.734. The van der Waals surface area contributed by atoms with Crippen LogP contribution in [0.3, 0.4) is 0 Å². The van der Waals surface area contributed by atoms with Crippen LogP contribution >= 0.6 is 11.6 Å². The fourth-order valence-electron chi connectivity index (χ4n) is 3.18. The predicted molar refractivity (Wildman–Crippen MR) is 112 cm³/mol. The molecule has 1 atom stereocenters. The molecule has 0 aromatic heterocycles. The standard InChI is InChI=1S/C22H25ClN2O4/c1-2-20(29-17-8-4-3-5-9-17)22(27)28-16-21(26)25-14-12-24(13-15-25)19-11-7-6-10-18(19)23/h3-11,20H,2,12-16H2,1H3/t20-/m0/s1. The van der Waals surface area contributed by atoms with E-state index in [0.717, 1.165) is 5.69 Å². The quantitative estimate of drug-likeness (QED) is 0.647. The fourth-order valence-corrected chi connectivity index (χ4v) is 3.44. The zero-order valence-electron chi connectivity index (χ0n) is 16.4. The minimum Gasteiger partial charge on any atom is -0.479 e. The van der Waals surface area contributed by atoms with E-state index in [4.69, 9.17) is 21.1 Å². The molecule has 0 bridgehead atoms. The molecule has 1 aliphatic heterocycles. The van der Waals surface area contributed by atoms with Gasteiger partial charge in [-0.25, -0.2) is 4.79 Å². The molecule has 1 saturated heterocycles. The number of anilines is 1. The van der Waals surface area contributed by atoms with Gasteiger partial charge >= 0.3 is 5.97 Å². The monoisotopic (exact) mass is 416 g/mol. The Hall–Kier alpha value is -2.73. The second-order valence-corrected chi connectivity index (χ2v) is 7.16. The topological polar surface area (TPSA) is 59.1 Å². The van der Waals surface area contributed by atoms with Gasteiger partial charge in [0, 0.05) is 26.2 Å². The van der Waals surface area contributed by atoms with Gasteiger partial charge in [0.2, 0.25) is 0 Å². The van der Waals surface area contributed by atoms with Crippen LogP contribution in [0.5, 0.6) is 5.75 Å². The fraction of sp³-hybridized carbons (Fsp3) is 0.364. The highest BCUT2D eigenvalue weighted by Crippen LogP contribution is 2.26. The van der Waals surface area contributed by atoms with Crippen LogP contribution in [0, 0.1) is 0 Å². The van der Waals surface area contributed by atoms with Crippen molar-refractivity contribution in [2.24, 2.45) is 0 Å². The molecule has 3 rings (SSSR count). The molecule has 7 heteroatoms. The molecule has 0 aliphatic carbocycles. The van der Waals surface area contributed by atoms with Gasteiger partial charge in [0.1, 0.15) is 5.75 Å². The molecular formula is C22H25ClN2O4. The van der Waals surface area contributed by atoms with Crippen LogP contribution in [0.15, 0.2) is 54.6 Å². The SMILES string of the molecule is CC[C@H](Oc1ccccc1)C(=O)OCC(=O)N1CCN(c2ccccc2Cl)CC1. The zero-order valence-corrected chi connectivity index (χ0v) is 17.2. The summed E-state index contributed by atoms with van der Waals surface area (Å²) in [5.41, 5.74) is 0.969. The zero-order chi connectivity index (χ0) is 20.6. The third-order valence-corrected chi connectivity index (χ3v) is 5.14. The van der Waals surface area contributed by atoms with Crippen molar-refractivity contribution in [3.05, 3.63) is 59.6 Å². The number of benzene rings is 2. The van der Waals surface area contributed by atoms with E-state index in [1.807, 2.05) is 49.4 Å². The van der Waals surface area contributed by atoms with E-state index >= 15 is 0 Å². The van der Waals surface area contributed by atoms with Gasteiger partial charge in [-0.2, -0.15) is 0 Å². The lowest BCUT2D eigenvalue weighted by Crippen LogP contribution is -2.50. The number of esters is 1. The summed E-state index contributed by atoms with van der Waals surface area (Å²) < 4.78 is 10.9. The van der Waals surface area contributed by atoms with Crippen LogP contribution in [0.1, 0.15) is 13.3 Å². The molecule has 0 radical (unpaired) electrons. The van der Waals surface area contributed by atoms with Crippen molar-refractivity contribution >= 4 is 29.2 Å². The first-order valence-corrected chi connectivity index (χ1v) is 10.1. The van der Waals surface area contributed by atoms with Crippen LogP contribution in [0.4, 0.5) is 5.69 Å². The first kappa shape index (κ1) is 21.0. The summed E-state index contributed by atoms with van der Waals surface area (Å²) in [5.74, 6) is -0.135. The number of halogens is 1. The van der Waals surface area contributed by atoms with Crippen molar-refractivity contribution in [2.45, 2.75) is 19.4 Å². The molecule has 1 fully saturated rings. The number of hydrogen-bond donors (Lipinski definition) is 0. The maximum atomic E-state index is 12.4. The van der Waals surface area contributed by atoms with E-state index in [1.165, 1.54) is 0 Å². The maximum absolute atomic E-state index is 12.4. The van der Waals surface area contributed by atoms with E-state index in [0.29, 0.717) is 43.4 Å². The van der Waals surface area contributed by atoms with E-state index < -0.39 is 12.1 Å². The lowest BCUT2D eigenvalue weighted by atomic mass is 10.2. The summed E-state index contributed by atoms with van der Waals surface area (Å²) in [6.45, 7) is 4.03. The Morgan fingerprint density at radius 1 is 1.00 bits per heavy atom. The predicted octanol–water partition coefficient (Wildman–Crippen LogP) is 3.39. The van der Waals surface area contributed by atoms with Crippen molar-refractivity contribution in [1.82, 2.24) is 4.90 Å². The Bertz CT molecular complexity index is 823. The first-order valence-electron chi connectivity index (χ1n) is 9.74. The average Bonchev–Trinajstić information content (AvgIpc) is 2.77. The smallest absolute Gasteiger partial charge is 0.347 e. The van der Waals surface area contributed by atoms with Gasteiger partial charge in [-0.15, -0.1) is 0 Å². The third kappa shape index (κ3) is 5.64. The van der Waals surface area contributed by atoms with E-state index in [9.17, 15) is 9.59 Å². The molecule has 1 heterocycles. The summed E-state index contributed by atoms with van der Waals surface area (Å²) in [4.78, 5) is 28.6. The summed E-state index contributed by atoms with van der Waals surface area (Å²) >= 11 is 6.25. The Morgan fingerprint density at radius 3 is 2.31 bits per heavy atom. The van der Waals surface area contributed by atoms with Crippen molar-refractivity contribution in [3.63, 3.8) is 0 Å². The second-order valence-electron chi connectivity index (χ2n) is 6.75. The van der Waals surface area contributed by atoms with Gasteiger partial charge in [0.15, 0.2) is 12.7 Å². The lowest BCUT2D eigenvalue weighted by Gasteiger charge is -2.36. The Kier molecular flexibility index (Phi) is 7.36. The molecule has 29 heavy (non-hydrogen) atoms. The number of ether oxygens (including phenoxy) is 2. The molecule has 1 aliphatic rings. The Morgan fingerprint density at radius 2 is 1.66 bits per heavy atom. The van der Waals surface area contributed by atoms with Gasteiger partial charge < -0.3 is 19.3 Å². The molecule has 2 aromatic rings. The summed E-state index contributed by atoms with van der Waals surface area (Å²) in [5, 5.41) is 0.699. The molecule has 2 aromatic carbocycles. The number of carbonyl (C=O) groups is 2. The molecular weight excluding hydrogens is 392 g/mol.